The van der Waals surface area contributed by atoms with Crippen LogP contribution in [0, 0.1) is 24.6 Å². The second kappa shape index (κ2) is 6.05. The number of benzene rings is 1. The smallest absolute Gasteiger partial charge is 0.339 e. The van der Waals surface area contributed by atoms with E-state index in [4.69, 9.17) is 0 Å². The first-order chi connectivity index (χ1) is 8.10. The van der Waals surface area contributed by atoms with Crippen LogP contribution in [-0.4, -0.2) is 13.1 Å². The van der Waals surface area contributed by atoms with Gasteiger partial charge in [-0.3, -0.25) is 0 Å². The van der Waals surface area contributed by atoms with Gasteiger partial charge in [-0.1, -0.05) is 18.8 Å². The van der Waals surface area contributed by atoms with Crippen molar-refractivity contribution >= 4 is 5.97 Å². The zero-order valence-electron chi connectivity index (χ0n) is 10.3. The van der Waals surface area contributed by atoms with Crippen LogP contribution in [0.1, 0.15) is 41.3 Å². The Labute approximate surface area is 101 Å². The van der Waals surface area contributed by atoms with Gasteiger partial charge in [0.25, 0.3) is 0 Å². The summed E-state index contributed by atoms with van der Waals surface area (Å²) in [6.45, 7) is 3.75. The van der Waals surface area contributed by atoms with Crippen molar-refractivity contribution in [3.63, 3.8) is 0 Å². The maximum atomic E-state index is 13.2. The number of hydrogen-bond donors (Lipinski definition) is 0. The van der Waals surface area contributed by atoms with Crippen molar-refractivity contribution in [3.8, 4) is 11.8 Å². The van der Waals surface area contributed by atoms with Gasteiger partial charge in [-0.2, -0.15) is 0 Å². The topological polar surface area (TPSA) is 26.3 Å². The Balaban J connectivity index is 3.27. The number of halogens is 1. The van der Waals surface area contributed by atoms with Crippen LogP contribution in [0.25, 0.3) is 0 Å². The summed E-state index contributed by atoms with van der Waals surface area (Å²) < 4.78 is 17.9. The number of ether oxygens (including phenoxy) is 1. The summed E-state index contributed by atoms with van der Waals surface area (Å²) >= 11 is 0. The largest absolute Gasteiger partial charge is 0.465 e. The van der Waals surface area contributed by atoms with E-state index in [0.29, 0.717) is 11.1 Å². The van der Waals surface area contributed by atoms with Crippen LogP contribution in [0.3, 0.4) is 0 Å². The van der Waals surface area contributed by atoms with Crippen molar-refractivity contribution in [1.82, 2.24) is 0 Å². The van der Waals surface area contributed by atoms with Crippen LogP contribution in [0.5, 0.6) is 0 Å². The molecule has 0 aliphatic heterocycles. The van der Waals surface area contributed by atoms with Gasteiger partial charge in [-0.15, -0.1) is 0 Å². The van der Waals surface area contributed by atoms with Gasteiger partial charge in [0.2, 0.25) is 0 Å². The lowest BCUT2D eigenvalue weighted by atomic mass is 10.0. The number of aryl methyl sites for hydroxylation is 1. The maximum absolute atomic E-state index is 13.2. The molecular formula is C14H15FO2. The Morgan fingerprint density at radius 2 is 2.18 bits per heavy atom. The first-order valence-electron chi connectivity index (χ1n) is 5.47. The highest BCUT2D eigenvalue weighted by atomic mass is 19.1. The molecule has 1 aromatic carbocycles. The maximum Gasteiger partial charge on any atom is 0.339 e. The average Bonchev–Trinajstić information content (AvgIpc) is 2.30. The summed E-state index contributed by atoms with van der Waals surface area (Å²) in [5, 5.41) is 0. The van der Waals surface area contributed by atoms with E-state index in [-0.39, 0.29) is 5.56 Å². The average molecular weight is 234 g/mol. The molecule has 0 saturated carbocycles. The summed E-state index contributed by atoms with van der Waals surface area (Å²) in [5.41, 5.74) is 1.38. The molecule has 0 atom stereocenters. The van der Waals surface area contributed by atoms with Crippen molar-refractivity contribution in [2.75, 3.05) is 7.11 Å². The lowest BCUT2D eigenvalue weighted by Crippen LogP contribution is -2.06. The van der Waals surface area contributed by atoms with Gasteiger partial charge >= 0.3 is 5.97 Å². The Kier molecular flexibility index (Phi) is 4.71. The number of methoxy groups -OCH3 is 1. The molecule has 0 aliphatic rings. The Bertz CT molecular complexity index is 481. The third-order valence-electron chi connectivity index (χ3n) is 2.29. The fourth-order valence-electron chi connectivity index (χ4n) is 1.46. The Morgan fingerprint density at radius 1 is 1.47 bits per heavy atom. The molecule has 2 nitrogen and oxygen atoms in total. The van der Waals surface area contributed by atoms with E-state index in [9.17, 15) is 9.18 Å². The highest BCUT2D eigenvalue weighted by Crippen LogP contribution is 2.16. The van der Waals surface area contributed by atoms with Crippen LogP contribution < -0.4 is 0 Å². The fraction of sp³-hybridized carbons (Fsp3) is 0.357. The summed E-state index contributed by atoms with van der Waals surface area (Å²) in [6.07, 6.45) is 1.69. The van der Waals surface area contributed by atoms with E-state index in [1.807, 2.05) is 6.92 Å². The van der Waals surface area contributed by atoms with Crippen LogP contribution in [0.2, 0.25) is 0 Å². The predicted molar refractivity (Wildman–Crippen MR) is 64.3 cm³/mol. The Hall–Kier alpha value is -1.82. The third kappa shape index (κ3) is 3.32. The first-order valence-corrected chi connectivity index (χ1v) is 5.47. The molecular weight excluding hydrogens is 219 g/mol. The second-order valence-corrected chi connectivity index (χ2v) is 3.69. The highest BCUT2D eigenvalue weighted by Gasteiger charge is 2.14. The number of hydrogen-bond acceptors (Lipinski definition) is 2. The van der Waals surface area contributed by atoms with Crippen LogP contribution in [0.15, 0.2) is 12.1 Å². The number of unbranched alkanes of at least 4 members (excludes halogenated alkanes) is 1. The van der Waals surface area contributed by atoms with Gasteiger partial charge in [-0.05, 0) is 31.0 Å². The van der Waals surface area contributed by atoms with Crippen LogP contribution in [-0.2, 0) is 4.74 Å². The molecule has 0 aromatic heterocycles. The monoisotopic (exact) mass is 234 g/mol. The van der Waals surface area contributed by atoms with E-state index >= 15 is 0 Å². The second-order valence-electron chi connectivity index (χ2n) is 3.69. The van der Waals surface area contributed by atoms with Crippen LogP contribution in [0.4, 0.5) is 4.39 Å². The molecule has 17 heavy (non-hydrogen) atoms. The molecule has 0 amide bonds. The molecule has 3 heteroatoms. The Morgan fingerprint density at radius 3 is 2.76 bits per heavy atom. The van der Waals surface area contributed by atoms with E-state index in [1.165, 1.54) is 13.2 Å². The summed E-state index contributed by atoms with van der Waals surface area (Å²) in [5.74, 6) is 4.84. The number of rotatable bonds is 2. The van der Waals surface area contributed by atoms with Gasteiger partial charge in [-0.25, -0.2) is 9.18 Å². The van der Waals surface area contributed by atoms with Crippen molar-refractivity contribution in [2.45, 2.75) is 26.7 Å². The molecule has 0 fully saturated rings. The third-order valence-corrected chi connectivity index (χ3v) is 2.29. The molecule has 0 unspecified atom stereocenters. The molecule has 1 aromatic rings. The van der Waals surface area contributed by atoms with Gasteiger partial charge < -0.3 is 4.74 Å². The summed E-state index contributed by atoms with van der Waals surface area (Å²) in [4.78, 5) is 11.5. The zero-order valence-corrected chi connectivity index (χ0v) is 10.3. The van der Waals surface area contributed by atoms with Gasteiger partial charge in [0.1, 0.15) is 5.82 Å². The number of carbonyl (C=O) groups excluding carboxylic acids is 1. The van der Waals surface area contributed by atoms with Crippen molar-refractivity contribution in [3.05, 3.63) is 34.6 Å². The van der Waals surface area contributed by atoms with E-state index in [1.54, 1.807) is 6.92 Å². The minimum atomic E-state index is -0.562. The molecule has 0 aliphatic carbocycles. The highest BCUT2D eigenvalue weighted by molar-refractivity contribution is 5.92. The lowest BCUT2D eigenvalue weighted by Gasteiger charge is -2.06. The SMILES string of the molecule is CCCC#Cc1c(C)cc(F)cc1C(=O)OC. The van der Waals surface area contributed by atoms with E-state index < -0.39 is 11.8 Å². The van der Waals surface area contributed by atoms with Gasteiger partial charge in [0, 0.05) is 12.0 Å². The van der Waals surface area contributed by atoms with Gasteiger partial charge in [0.05, 0.1) is 12.7 Å². The number of esters is 1. The molecule has 1 rings (SSSR count). The minimum absolute atomic E-state index is 0.189. The van der Waals surface area contributed by atoms with Gasteiger partial charge in [0.15, 0.2) is 0 Å². The number of carbonyl (C=O) groups is 1. The quantitative estimate of drug-likeness (QED) is 0.580. The first kappa shape index (κ1) is 13.2. The lowest BCUT2D eigenvalue weighted by molar-refractivity contribution is 0.0599. The summed E-state index contributed by atoms with van der Waals surface area (Å²) in [7, 11) is 1.27. The molecule has 0 radical (unpaired) electrons. The predicted octanol–water partition coefficient (Wildman–Crippen LogP) is 3.07. The van der Waals surface area contributed by atoms with E-state index in [2.05, 4.69) is 16.6 Å². The molecule has 0 bridgehead atoms. The van der Waals surface area contributed by atoms with Crippen LogP contribution >= 0.6 is 0 Å². The summed E-state index contributed by atoms with van der Waals surface area (Å²) in [6, 6.07) is 2.52. The molecule has 0 spiro atoms. The standard InChI is InChI=1S/C14H15FO2/c1-4-5-6-7-12-10(2)8-11(15)9-13(12)14(16)17-3/h8-9H,4-5H2,1-3H3. The minimum Gasteiger partial charge on any atom is -0.465 e. The molecule has 0 heterocycles. The van der Waals surface area contributed by atoms with Crippen molar-refractivity contribution in [1.29, 1.82) is 0 Å². The van der Waals surface area contributed by atoms with E-state index in [0.717, 1.165) is 18.9 Å². The van der Waals surface area contributed by atoms with Crippen molar-refractivity contribution < 1.29 is 13.9 Å². The molecule has 90 valence electrons. The molecule has 0 N–H and O–H groups in total. The van der Waals surface area contributed by atoms with Crippen molar-refractivity contribution in [2.24, 2.45) is 0 Å². The molecule has 0 saturated heterocycles. The zero-order chi connectivity index (χ0) is 12.8. The fourth-order valence-corrected chi connectivity index (χ4v) is 1.46. The normalized spacial score (nSPS) is 9.41.